The quantitative estimate of drug-likeness (QED) is 0.319. The van der Waals surface area contributed by atoms with Crippen LogP contribution in [0.15, 0.2) is 36.0 Å². The summed E-state index contributed by atoms with van der Waals surface area (Å²) < 4.78 is 30.0. The summed E-state index contributed by atoms with van der Waals surface area (Å²) in [5, 5.41) is 20.7. The van der Waals surface area contributed by atoms with Gasteiger partial charge in [0.05, 0.1) is 31.5 Å². The first-order valence-corrected chi connectivity index (χ1v) is 13.7. The zero-order valence-electron chi connectivity index (χ0n) is 23.0. The summed E-state index contributed by atoms with van der Waals surface area (Å²) in [5.41, 5.74) is -0.140. The largest absolute Gasteiger partial charge is 0.463 e. The van der Waals surface area contributed by atoms with E-state index in [0.717, 1.165) is 12.0 Å². The van der Waals surface area contributed by atoms with Gasteiger partial charge in [0.1, 0.15) is 17.8 Å². The highest BCUT2D eigenvalue weighted by Gasteiger charge is 2.78. The van der Waals surface area contributed by atoms with Gasteiger partial charge in [-0.3, -0.25) is 0 Å². The van der Waals surface area contributed by atoms with Crippen molar-refractivity contribution in [1.29, 1.82) is 0 Å². The lowest BCUT2D eigenvalue weighted by molar-refractivity contribution is -0.187. The first-order chi connectivity index (χ1) is 18.0. The van der Waals surface area contributed by atoms with E-state index in [1.807, 2.05) is 13.8 Å². The second-order valence-electron chi connectivity index (χ2n) is 11.3. The number of esters is 2. The summed E-state index contributed by atoms with van der Waals surface area (Å²) in [5.74, 6) is -1.99. The lowest BCUT2D eigenvalue weighted by Crippen LogP contribution is -2.59. The second kappa shape index (κ2) is 11.6. The molecule has 4 aliphatic rings. The maximum Gasteiger partial charge on any atom is 0.335 e. The molecule has 10 atom stereocenters. The number of aliphatic hydroxyl groups is 2. The van der Waals surface area contributed by atoms with E-state index in [4.69, 9.17) is 23.7 Å². The van der Waals surface area contributed by atoms with Crippen molar-refractivity contribution in [2.24, 2.45) is 17.3 Å². The van der Waals surface area contributed by atoms with Crippen LogP contribution >= 0.6 is 0 Å². The Morgan fingerprint density at radius 3 is 2.66 bits per heavy atom. The van der Waals surface area contributed by atoms with Crippen molar-refractivity contribution in [3.8, 4) is 0 Å². The van der Waals surface area contributed by atoms with E-state index in [9.17, 15) is 19.8 Å². The van der Waals surface area contributed by atoms with Gasteiger partial charge in [0.25, 0.3) is 0 Å². The van der Waals surface area contributed by atoms with E-state index in [-0.39, 0.29) is 31.3 Å². The normalized spacial score (nSPS) is 43.2. The molecule has 212 valence electrons. The SMILES string of the molecule is CCC(C)=CC1OC2CC3OC(=O)C=CC=CC(C(C)O)OCCC(C)C(O)C(=O)OCC1C3(C)C21CO1. The molecule has 1 saturated carbocycles. The molecule has 10 unspecified atom stereocenters. The molecule has 1 aliphatic carbocycles. The smallest absolute Gasteiger partial charge is 0.335 e. The number of cyclic esters (lactones) is 1. The number of hydrogen-bond donors (Lipinski definition) is 2. The van der Waals surface area contributed by atoms with Crippen molar-refractivity contribution in [1.82, 2.24) is 0 Å². The topological polar surface area (TPSA) is 124 Å². The van der Waals surface area contributed by atoms with Gasteiger partial charge in [-0.25, -0.2) is 9.59 Å². The monoisotopic (exact) mass is 534 g/mol. The molecular formula is C29H42O9. The third-order valence-corrected chi connectivity index (χ3v) is 8.93. The molecule has 4 rings (SSSR count). The van der Waals surface area contributed by atoms with Crippen molar-refractivity contribution >= 4 is 11.9 Å². The van der Waals surface area contributed by atoms with Gasteiger partial charge >= 0.3 is 11.9 Å². The van der Waals surface area contributed by atoms with Crippen LogP contribution in [-0.4, -0.2) is 84.2 Å². The molecule has 1 spiro atoms. The highest BCUT2D eigenvalue weighted by atomic mass is 16.6. The minimum Gasteiger partial charge on any atom is -0.463 e. The minimum absolute atomic E-state index is 0.0116. The molecule has 0 amide bonds. The van der Waals surface area contributed by atoms with Gasteiger partial charge in [-0.05, 0) is 32.6 Å². The van der Waals surface area contributed by atoms with Crippen LogP contribution in [0.25, 0.3) is 0 Å². The van der Waals surface area contributed by atoms with Crippen molar-refractivity contribution in [2.45, 2.75) is 96.1 Å². The van der Waals surface area contributed by atoms with E-state index in [1.165, 1.54) is 6.08 Å². The van der Waals surface area contributed by atoms with Crippen molar-refractivity contribution in [3.05, 3.63) is 36.0 Å². The Balaban J connectivity index is 1.67. The molecule has 9 nitrogen and oxygen atoms in total. The number of hydrogen-bond acceptors (Lipinski definition) is 9. The van der Waals surface area contributed by atoms with Crippen LogP contribution in [-0.2, 0) is 33.3 Å². The van der Waals surface area contributed by atoms with Gasteiger partial charge in [0.2, 0.25) is 0 Å². The Morgan fingerprint density at radius 2 is 2.00 bits per heavy atom. The van der Waals surface area contributed by atoms with Crippen molar-refractivity contribution < 1.29 is 43.5 Å². The number of rotatable bonds is 3. The van der Waals surface area contributed by atoms with E-state index in [1.54, 1.807) is 32.1 Å². The molecule has 0 aromatic heterocycles. The first kappa shape index (κ1) is 29.0. The molecular weight excluding hydrogens is 492 g/mol. The highest BCUT2D eigenvalue weighted by molar-refractivity contribution is 5.82. The molecule has 38 heavy (non-hydrogen) atoms. The van der Waals surface area contributed by atoms with Gasteiger partial charge in [-0.2, -0.15) is 0 Å². The zero-order chi connectivity index (χ0) is 27.7. The molecule has 2 saturated heterocycles. The van der Waals surface area contributed by atoms with Crippen LogP contribution in [0.2, 0.25) is 0 Å². The maximum atomic E-state index is 12.9. The average Bonchev–Trinajstić information content (AvgIpc) is 3.66. The average molecular weight is 535 g/mol. The van der Waals surface area contributed by atoms with E-state index < -0.39 is 53.3 Å². The van der Waals surface area contributed by atoms with Gasteiger partial charge < -0.3 is 33.9 Å². The fraction of sp³-hybridized carbons (Fsp3) is 0.724. The molecule has 3 heterocycles. The van der Waals surface area contributed by atoms with Gasteiger partial charge in [-0.1, -0.05) is 50.6 Å². The van der Waals surface area contributed by atoms with E-state index >= 15 is 0 Å². The standard InChI is InChI=1S/C29H42O9/c1-6-17(2)13-22-20-15-35-27(33)26(32)18(3)11-12-34-21(19(4)30)9-7-8-10-25(31)38-23-14-24(37-22)29(16-36-29)28(20,23)5/h7-10,13,18-24,26,30,32H,6,11-12,14-16H2,1-5H3. The number of epoxide rings is 1. The molecule has 0 aromatic rings. The number of aliphatic hydroxyl groups excluding tert-OH is 2. The summed E-state index contributed by atoms with van der Waals surface area (Å²) in [4.78, 5) is 25.8. The summed E-state index contributed by atoms with van der Waals surface area (Å²) >= 11 is 0. The third-order valence-electron chi connectivity index (χ3n) is 8.93. The molecule has 2 bridgehead atoms. The predicted molar refractivity (Wildman–Crippen MR) is 138 cm³/mol. The molecule has 0 radical (unpaired) electrons. The Hall–Kier alpha value is -2.04. The summed E-state index contributed by atoms with van der Waals surface area (Å²) in [6.45, 7) is 10.2. The van der Waals surface area contributed by atoms with Crippen LogP contribution in [0.3, 0.4) is 0 Å². The fourth-order valence-corrected chi connectivity index (χ4v) is 6.04. The highest BCUT2D eigenvalue weighted by Crippen LogP contribution is 2.65. The Morgan fingerprint density at radius 1 is 1.26 bits per heavy atom. The second-order valence-corrected chi connectivity index (χ2v) is 11.3. The molecule has 0 aromatic carbocycles. The molecule has 9 heteroatoms. The molecule has 2 N–H and O–H groups in total. The van der Waals surface area contributed by atoms with Crippen molar-refractivity contribution in [2.75, 3.05) is 19.8 Å². The minimum atomic E-state index is -1.33. The molecule has 3 fully saturated rings. The van der Waals surface area contributed by atoms with Crippen LogP contribution in [0, 0.1) is 17.3 Å². The Kier molecular flexibility index (Phi) is 8.84. The summed E-state index contributed by atoms with van der Waals surface area (Å²) in [6, 6.07) is 0. The van der Waals surface area contributed by atoms with Gasteiger partial charge in [0.15, 0.2) is 6.10 Å². The van der Waals surface area contributed by atoms with Gasteiger partial charge in [-0.15, -0.1) is 0 Å². The number of allylic oxidation sites excluding steroid dienone is 3. The summed E-state index contributed by atoms with van der Waals surface area (Å²) in [6.07, 6.45) is 6.12. The van der Waals surface area contributed by atoms with Crippen LogP contribution in [0.5, 0.6) is 0 Å². The lowest BCUT2D eigenvalue weighted by atomic mass is 9.64. The Labute approximate surface area is 224 Å². The van der Waals surface area contributed by atoms with Crippen molar-refractivity contribution in [3.63, 3.8) is 0 Å². The third kappa shape index (κ3) is 5.49. The van der Waals surface area contributed by atoms with Gasteiger partial charge in [0, 0.05) is 30.4 Å². The predicted octanol–water partition coefficient (Wildman–Crippen LogP) is 2.64. The lowest BCUT2D eigenvalue weighted by Gasteiger charge is -2.48. The van der Waals surface area contributed by atoms with Crippen LogP contribution in [0.4, 0.5) is 0 Å². The van der Waals surface area contributed by atoms with E-state index in [2.05, 4.69) is 13.0 Å². The number of ether oxygens (including phenoxy) is 5. The molecule has 3 aliphatic heterocycles. The zero-order valence-corrected chi connectivity index (χ0v) is 23.0. The van der Waals surface area contributed by atoms with Crippen LogP contribution in [0.1, 0.15) is 53.9 Å². The fourth-order valence-electron chi connectivity index (χ4n) is 6.04. The van der Waals surface area contributed by atoms with E-state index in [0.29, 0.717) is 19.4 Å². The van der Waals surface area contributed by atoms with Crippen LogP contribution < -0.4 is 0 Å². The summed E-state index contributed by atoms with van der Waals surface area (Å²) in [7, 11) is 0. The first-order valence-electron chi connectivity index (χ1n) is 13.7. The number of carbonyl (C=O) groups excluding carboxylic acids is 2. The maximum absolute atomic E-state index is 12.9. The number of carbonyl (C=O) groups is 2. The Bertz CT molecular complexity index is 965.